The van der Waals surface area contributed by atoms with Crippen molar-refractivity contribution in [1.82, 2.24) is 5.32 Å². The maximum absolute atomic E-state index is 11.9. The van der Waals surface area contributed by atoms with Crippen molar-refractivity contribution in [2.45, 2.75) is 65.0 Å². The van der Waals surface area contributed by atoms with Gasteiger partial charge in [0.25, 0.3) is 0 Å². The van der Waals surface area contributed by atoms with Crippen LogP contribution in [0.2, 0.25) is 0 Å². The molecule has 1 unspecified atom stereocenters. The van der Waals surface area contributed by atoms with Gasteiger partial charge in [0.05, 0.1) is 0 Å². The molecule has 1 saturated carbocycles. The van der Waals surface area contributed by atoms with Gasteiger partial charge in [0.1, 0.15) is 0 Å². The average molecular weight is 299 g/mol. The summed E-state index contributed by atoms with van der Waals surface area (Å²) in [6.45, 7) is 10.8. The van der Waals surface area contributed by atoms with Gasteiger partial charge in [0.2, 0.25) is 5.91 Å². The first-order chi connectivity index (χ1) is 9.13. The summed E-state index contributed by atoms with van der Waals surface area (Å²) < 4.78 is 11.7. The van der Waals surface area contributed by atoms with Crippen LogP contribution in [-0.4, -0.2) is 27.2 Å². The van der Waals surface area contributed by atoms with Gasteiger partial charge in [-0.3, -0.25) is 9.00 Å². The van der Waals surface area contributed by atoms with Crippen molar-refractivity contribution < 1.29 is 9.00 Å². The SMILES string of the molecule is CC1(C)CCCCC1=CC(=O)NCCS(=O)C(C)(C)C. The van der Waals surface area contributed by atoms with Crippen LogP contribution in [0, 0.1) is 5.41 Å². The smallest absolute Gasteiger partial charge is 0.243 e. The van der Waals surface area contributed by atoms with E-state index in [4.69, 9.17) is 0 Å². The van der Waals surface area contributed by atoms with Crippen molar-refractivity contribution in [3.63, 3.8) is 0 Å². The first kappa shape index (κ1) is 17.4. The Kier molecular flexibility index (Phi) is 5.99. The van der Waals surface area contributed by atoms with Crippen LogP contribution >= 0.6 is 0 Å². The third-order valence-corrected chi connectivity index (χ3v) is 5.88. The van der Waals surface area contributed by atoms with Crippen LogP contribution in [0.3, 0.4) is 0 Å². The van der Waals surface area contributed by atoms with E-state index in [9.17, 15) is 9.00 Å². The van der Waals surface area contributed by atoms with Crippen LogP contribution in [0.1, 0.15) is 60.3 Å². The van der Waals surface area contributed by atoms with E-state index in [0.717, 1.165) is 12.8 Å². The zero-order valence-corrected chi connectivity index (χ0v) is 14.4. The largest absolute Gasteiger partial charge is 0.352 e. The average Bonchev–Trinajstić information content (AvgIpc) is 2.30. The molecule has 1 aliphatic carbocycles. The number of hydrogen-bond acceptors (Lipinski definition) is 2. The highest BCUT2D eigenvalue weighted by atomic mass is 32.2. The minimum absolute atomic E-state index is 0.0408. The second kappa shape index (κ2) is 6.88. The van der Waals surface area contributed by atoms with Crippen molar-refractivity contribution in [1.29, 1.82) is 0 Å². The fourth-order valence-electron chi connectivity index (χ4n) is 2.43. The zero-order valence-electron chi connectivity index (χ0n) is 13.5. The van der Waals surface area contributed by atoms with Crippen molar-refractivity contribution in [2.75, 3.05) is 12.3 Å². The molecule has 0 aliphatic heterocycles. The number of carbonyl (C=O) groups is 1. The van der Waals surface area contributed by atoms with Crippen LogP contribution in [-0.2, 0) is 15.6 Å². The van der Waals surface area contributed by atoms with Gasteiger partial charge in [-0.2, -0.15) is 0 Å². The number of rotatable bonds is 4. The normalized spacial score (nSPS) is 22.6. The Hall–Kier alpha value is -0.640. The third kappa shape index (κ3) is 5.39. The fourth-order valence-corrected chi connectivity index (χ4v) is 3.33. The molecule has 0 aromatic rings. The Bertz CT molecular complexity index is 405. The highest BCUT2D eigenvalue weighted by molar-refractivity contribution is 7.86. The summed E-state index contributed by atoms with van der Waals surface area (Å²) in [5.41, 5.74) is 1.39. The van der Waals surface area contributed by atoms with Crippen LogP contribution in [0.5, 0.6) is 0 Å². The second-order valence-corrected chi connectivity index (χ2v) is 9.54. The zero-order chi connectivity index (χ0) is 15.4. The summed E-state index contributed by atoms with van der Waals surface area (Å²) in [5, 5.41) is 2.86. The first-order valence-electron chi connectivity index (χ1n) is 7.50. The number of carbonyl (C=O) groups excluding carboxylic acids is 1. The Morgan fingerprint density at radius 2 is 2.00 bits per heavy atom. The lowest BCUT2D eigenvalue weighted by Gasteiger charge is -2.32. The quantitative estimate of drug-likeness (QED) is 0.810. The summed E-state index contributed by atoms with van der Waals surface area (Å²) >= 11 is 0. The molecule has 1 rings (SSSR count). The minimum Gasteiger partial charge on any atom is -0.352 e. The number of amides is 1. The predicted molar refractivity (Wildman–Crippen MR) is 86.1 cm³/mol. The summed E-state index contributed by atoms with van der Waals surface area (Å²) in [6.07, 6.45) is 6.36. The van der Waals surface area contributed by atoms with E-state index in [1.54, 1.807) is 6.08 Å². The molecule has 0 aromatic carbocycles. The van der Waals surface area contributed by atoms with E-state index in [0.29, 0.717) is 12.3 Å². The molecule has 3 nitrogen and oxygen atoms in total. The molecule has 20 heavy (non-hydrogen) atoms. The lowest BCUT2D eigenvalue weighted by atomic mass is 9.73. The van der Waals surface area contributed by atoms with E-state index in [2.05, 4.69) is 19.2 Å². The molecular formula is C16H29NO2S. The minimum atomic E-state index is -0.911. The Labute approximate surface area is 126 Å². The van der Waals surface area contributed by atoms with E-state index < -0.39 is 10.8 Å². The highest BCUT2D eigenvalue weighted by Crippen LogP contribution is 2.39. The molecule has 1 N–H and O–H groups in total. The number of hydrogen-bond donors (Lipinski definition) is 1. The topological polar surface area (TPSA) is 46.2 Å². The van der Waals surface area contributed by atoms with Crippen molar-refractivity contribution in [3.05, 3.63) is 11.6 Å². The predicted octanol–water partition coefficient (Wildman–Crippen LogP) is 3.18. The maximum atomic E-state index is 11.9. The summed E-state index contributed by atoms with van der Waals surface area (Å²) in [7, 11) is -0.911. The summed E-state index contributed by atoms with van der Waals surface area (Å²) in [6, 6.07) is 0. The molecule has 0 heterocycles. The van der Waals surface area contributed by atoms with Gasteiger partial charge in [-0.25, -0.2) is 0 Å². The lowest BCUT2D eigenvalue weighted by Crippen LogP contribution is -2.32. The monoisotopic (exact) mass is 299 g/mol. The van der Waals surface area contributed by atoms with E-state index >= 15 is 0 Å². The highest BCUT2D eigenvalue weighted by Gasteiger charge is 2.27. The van der Waals surface area contributed by atoms with Gasteiger partial charge >= 0.3 is 0 Å². The molecule has 0 radical (unpaired) electrons. The van der Waals surface area contributed by atoms with E-state index in [1.165, 1.54) is 18.4 Å². The Morgan fingerprint density at radius 3 is 2.55 bits per heavy atom. The fraction of sp³-hybridized carbons (Fsp3) is 0.812. The standard InChI is InChI=1S/C16H29NO2S/c1-15(2,3)20(19)11-10-17-14(18)12-13-8-6-7-9-16(13,4)5/h12H,6-11H2,1-5H3,(H,17,18). The van der Waals surface area contributed by atoms with Gasteiger partial charge in [0, 0.05) is 33.9 Å². The van der Waals surface area contributed by atoms with Crippen LogP contribution in [0.4, 0.5) is 0 Å². The maximum Gasteiger partial charge on any atom is 0.243 e. The number of allylic oxidation sites excluding steroid dienone is 1. The summed E-state index contributed by atoms with van der Waals surface area (Å²) in [4.78, 5) is 11.9. The summed E-state index contributed by atoms with van der Waals surface area (Å²) in [5.74, 6) is 0.475. The van der Waals surface area contributed by atoms with E-state index in [-0.39, 0.29) is 16.1 Å². The van der Waals surface area contributed by atoms with E-state index in [1.807, 2.05) is 20.8 Å². The van der Waals surface area contributed by atoms with Crippen LogP contribution in [0.25, 0.3) is 0 Å². The van der Waals surface area contributed by atoms with Crippen molar-refractivity contribution in [2.24, 2.45) is 5.41 Å². The molecule has 0 saturated heterocycles. The molecular weight excluding hydrogens is 270 g/mol. The molecule has 0 aromatic heterocycles. The van der Waals surface area contributed by atoms with Crippen LogP contribution < -0.4 is 5.32 Å². The van der Waals surface area contributed by atoms with Crippen molar-refractivity contribution >= 4 is 16.7 Å². The van der Waals surface area contributed by atoms with Crippen LogP contribution in [0.15, 0.2) is 11.6 Å². The van der Waals surface area contributed by atoms with Gasteiger partial charge in [-0.15, -0.1) is 0 Å². The van der Waals surface area contributed by atoms with Crippen molar-refractivity contribution in [3.8, 4) is 0 Å². The molecule has 4 heteroatoms. The molecule has 0 spiro atoms. The van der Waals surface area contributed by atoms with Gasteiger partial charge in [-0.05, 0) is 45.4 Å². The molecule has 1 fully saturated rings. The molecule has 1 atom stereocenters. The first-order valence-corrected chi connectivity index (χ1v) is 8.82. The second-order valence-electron chi connectivity index (χ2n) is 7.21. The Morgan fingerprint density at radius 1 is 1.35 bits per heavy atom. The van der Waals surface area contributed by atoms with Gasteiger partial charge in [0.15, 0.2) is 0 Å². The molecule has 0 bridgehead atoms. The molecule has 116 valence electrons. The Balaban J connectivity index is 2.46. The lowest BCUT2D eigenvalue weighted by molar-refractivity contribution is -0.116. The number of nitrogens with one attached hydrogen (secondary N) is 1. The van der Waals surface area contributed by atoms with Gasteiger partial charge in [-0.1, -0.05) is 25.8 Å². The molecule has 1 aliphatic rings. The third-order valence-electron chi connectivity index (χ3n) is 3.94. The van der Waals surface area contributed by atoms with Gasteiger partial charge < -0.3 is 5.32 Å². The molecule has 1 amide bonds.